The van der Waals surface area contributed by atoms with Crippen LogP contribution in [0.2, 0.25) is 0 Å². The van der Waals surface area contributed by atoms with Gasteiger partial charge < -0.3 is 10.2 Å². The van der Waals surface area contributed by atoms with E-state index >= 15 is 0 Å². The van der Waals surface area contributed by atoms with Gasteiger partial charge in [-0.1, -0.05) is 117 Å². The van der Waals surface area contributed by atoms with E-state index in [2.05, 4.69) is 37.2 Å². The number of nitrogens with one attached hydrogen (secondary N) is 1. The summed E-state index contributed by atoms with van der Waals surface area (Å²) in [6.07, 6.45) is 5.33. The minimum atomic E-state index is -4.16. The van der Waals surface area contributed by atoms with Crippen molar-refractivity contribution in [2.24, 2.45) is 0 Å². The van der Waals surface area contributed by atoms with E-state index in [9.17, 15) is 18.0 Å². The topological polar surface area (TPSA) is 86.8 Å². The summed E-state index contributed by atoms with van der Waals surface area (Å²) < 4.78 is 31.1. The van der Waals surface area contributed by atoms with Gasteiger partial charge in [-0.2, -0.15) is 0 Å². The molecule has 7 nitrogen and oxygen atoms in total. The number of hydrogen-bond donors (Lipinski definition) is 1. The highest BCUT2D eigenvalue weighted by atomic mass is 79.9. The van der Waals surface area contributed by atoms with Crippen molar-refractivity contribution in [1.29, 1.82) is 0 Å². The maximum Gasteiger partial charge on any atom is 0.264 e. The van der Waals surface area contributed by atoms with Crippen molar-refractivity contribution in [3.8, 4) is 0 Å². The second kappa shape index (κ2) is 16.1. The van der Waals surface area contributed by atoms with Crippen molar-refractivity contribution in [1.82, 2.24) is 10.2 Å². The van der Waals surface area contributed by atoms with E-state index in [0.717, 1.165) is 57.6 Å². The summed E-state index contributed by atoms with van der Waals surface area (Å²) in [6, 6.07) is 29.8. The van der Waals surface area contributed by atoms with Crippen molar-refractivity contribution in [3.63, 3.8) is 0 Å². The zero-order valence-electron chi connectivity index (χ0n) is 26.3. The Hall–Kier alpha value is -3.47. The molecule has 0 aromatic heterocycles. The highest BCUT2D eigenvalue weighted by Crippen LogP contribution is 2.28. The first-order valence-electron chi connectivity index (χ1n) is 15.8. The van der Waals surface area contributed by atoms with E-state index in [-0.39, 0.29) is 29.8 Å². The summed E-state index contributed by atoms with van der Waals surface area (Å²) >= 11 is 6.94. The molecule has 246 valence electrons. The number of amides is 2. The Balaban J connectivity index is 1.56. The molecule has 1 aliphatic rings. The smallest absolute Gasteiger partial charge is 0.264 e. The number of rotatable bonds is 12. The monoisotopic (exact) mass is 779 g/mol. The fourth-order valence-electron chi connectivity index (χ4n) is 5.88. The lowest BCUT2D eigenvalue weighted by Crippen LogP contribution is -2.55. The molecule has 1 N–H and O–H groups in total. The number of anilines is 1. The third kappa shape index (κ3) is 9.33. The summed E-state index contributed by atoms with van der Waals surface area (Å²) in [4.78, 5) is 30.5. The number of nitrogens with zero attached hydrogens (tertiary/aromatic N) is 2. The zero-order valence-corrected chi connectivity index (χ0v) is 30.3. The quantitative estimate of drug-likeness (QED) is 0.159. The number of carbonyl (C=O) groups excluding carboxylic acids is 2. The number of hydrogen-bond acceptors (Lipinski definition) is 4. The maximum atomic E-state index is 14.7. The Labute approximate surface area is 294 Å². The van der Waals surface area contributed by atoms with E-state index in [4.69, 9.17) is 0 Å². The van der Waals surface area contributed by atoms with Crippen LogP contribution < -0.4 is 9.62 Å². The molecule has 1 fully saturated rings. The third-order valence-corrected chi connectivity index (χ3v) is 11.3. The molecule has 0 spiro atoms. The lowest BCUT2D eigenvalue weighted by Gasteiger charge is -2.35. The van der Waals surface area contributed by atoms with Gasteiger partial charge in [0.15, 0.2) is 0 Å². The molecule has 0 aliphatic heterocycles. The van der Waals surface area contributed by atoms with Gasteiger partial charge in [0, 0.05) is 28.0 Å². The largest absolute Gasteiger partial charge is 0.352 e. The molecule has 47 heavy (non-hydrogen) atoms. The van der Waals surface area contributed by atoms with Crippen molar-refractivity contribution in [3.05, 3.63) is 129 Å². The van der Waals surface area contributed by atoms with Gasteiger partial charge in [-0.25, -0.2) is 8.42 Å². The molecule has 4 aromatic carbocycles. The molecule has 0 radical (unpaired) electrons. The summed E-state index contributed by atoms with van der Waals surface area (Å²) in [5.74, 6) is -0.718. The molecular formula is C37H39Br2N3O4S. The minimum absolute atomic E-state index is 0.0410. The molecule has 10 heteroatoms. The van der Waals surface area contributed by atoms with Crippen molar-refractivity contribution in [2.75, 3.05) is 10.8 Å². The van der Waals surface area contributed by atoms with Crippen LogP contribution in [0.4, 0.5) is 5.69 Å². The van der Waals surface area contributed by atoms with Crippen LogP contribution in [0, 0.1) is 6.92 Å². The average Bonchev–Trinajstić information content (AvgIpc) is 3.07. The van der Waals surface area contributed by atoms with Gasteiger partial charge in [-0.05, 0) is 73.4 Å². The van der Waals surface area contributed by atoms with Crippen LogP contribution in [0.5, 0.6) is 0 Å². The van der Waals surface area contributed by atoms with Gasteiger partial charge in [0.25, 0.3) is 10.0 Å². The number of sulfonamides is 1. The predicted octanol–water partition coefficient (Wildman–Crippen LogP) is 7.80. The molecule has 5 rings (SSSR count). The summed E-state index contributed by atoms with van der Waals surface area (Å²) in [7, 11) is -4.16. The van der Waals surface area contributed by atoms with Gasteiger partial charge in [0.05, 0.1) is 10.6 Å². The lowest BCUT2D eigenvalue weighted by molar-refractivity contribution is -0.140. The SMILES string of the molecule is Cc1ccc(S(=O)(=O)N(CC(=O)N(Cc2ccc(Br)cc2)C(Cc2ccccc2)C(=O)NC2CCCCC2)c2cccc(Br)c2)cc1. The lowest BCUT2D eigenvalue weighted by atomic mass is 9.94. The van der Waals surface area contributed by atoms with Gasteiger partial charge in [0.2, 0.25) is 11.8 Å². The van der Waals surface area contributed by atoms with Crippen LogP contribution in [0.25, 0.3) is 0 Å². The number of halogens is 2. The summed E-state index contributed by atoms with van der Waals surface area (Å²) in [6.45, 7) is 1.51. The van der Waals surface area contributed by atoms with Crippen LogP contribution in [0.15, 0.2) is 117 Å². The molecule has 0 bridgehead atoms. The minimum Gasteiger partial charge on any atom is -0.352 e. The van der Waals surface area contributed by atoms with Crippen LogP contribution >= 0.6 is 31.9 Å². The Morgan fingerprint density at radius 1 is 0.809 bits per heavy atom. The first kappa shape index (κ1) is 34.9. The van der Waals surface area contributed by atoms with E-state index in [1.807, 2.05) is 61.5 Å². The average molecular weight is 782 g/mol. The predicted molar refractivity (Wildman–Crippen MR) is 193 cm³/mol. The highest BCUT2D eigenvalue weighted by molar-refractivity contribution is 9.10. The van der Waals surface area contributed by atoms with Crippen LogP contribution in [-0.2, 0) is 32.6 Å². The molecule has 1 unspecified atom stereocenters. The first-order valence-corrected chi connectivity index (χ1v) is 18.9. The van der Waals surface area contributed by atoms with Gasteiger partial charge in [0.1, 0.15) is 12.6 Å². The summed E-state index contributed by atoms with van der Waals surface area (Å²) in [5, 5.41) is 3.24. The first-order chi connectivity index (χ1) is 22.6. The summed E-state index contributed by atoms with van der Waals surface area (Å²) in [5.41, 5.74) is 2.98. The second-order valence-corrected chi connectivity index (χ2v) is 15.7. The second-order valence-electron chi connectivity index (χ2n) is 12.0. The fourth-order valence-corrected chi connectivity index (χ4v) is 7.94. The molecule has 1 saturated carbocycles. The highest BCUT2D eigenvalue weighted by Gasteiger charge is 2.35. The third-order valence-electron chi connectivity index (χ3n) is 8.47. The molecule has 2 amide bonds. The fraction of sp³-hybridized carbons (Fsp3) is 0.297. The number of benzene rings is 4. The van der Waals surface area contributed by atoms with E-state index in [1.54, 1.807) is 53.4 Å². The van der Waals surface area contributed by atoms with Crippen molar-refractivity contribution >= 4 is 59.4 Å². The number of aryl methyl sites for hydroxylation is 1. The molecule has 0 saturated heterocycles. The normalized spacial score (nSPS) is 14.3. The Kier molecular flexibility index (Phi) is 11.9. The van der Waals surface area contributed by atoms with Gasteiger partial charge >= 0.3 is 0 Å². The molecule has 4 aromatic rings. The Bertz CT molecular complexity index is 1760. The molecule has 1 aliphatic carbocycles. The van der Waals surface area contributed by atoms with Crippen LogP contribution in [0.3, 0.4) is 0 Å². The Morgan fingerprint density at radius 2 is 1.49 bits per heavy atom. The van der Waals surface area contributed by atoms with Gasteiger partial charge in [-0.3, -0.25) is 13.9 Å². The van der Waals surface area contributed by atoms with Crippen LogP contribution in [0.1, 0.15) is 48.8 Å². The molecular weight excluding hydrogens is 742 g/mol. The standard InChI is InChI=1S/C37H39Br2N3O4S/c1-27-15-21-34(22-16-27)47(45,46)42(33-14-8-11-31(39)24-33)26-36(43)41(25-29-17-19-30(38)20-18-29)35(23-28-9-4-2-5-10-28)37(44)40-32-12-6-3-7-13-32/h2,4-5,8-11,14-22,24,32,35H,3,6-7,12-13,23,25-26H2,1H3,(H,40,44). The zero-order chi connectivity index (χ0) is 33.4. The molecule has 0 heterocycles. The van der Waals surface area contributed by atoms with E-state index in [0.29, 0.717) is 10.2 Å². The Morgan fingerprint density at radius 3 is 2.15 bits per heavy atom. The molecule has 1 atom stereocenters. The van der Waals surface area contributed by atoms with E-state index in [1.165, 1.54) is 0 Å². The van der Waals surface area contributed by atoms with Crippen molar-refractivity contribution < 1.29 is 18.0 Å². The maximum absolute atomic E-state index is 14.7. The van der Waals surface area contributed by atoms with Crippen molar-refractivity contribution in [2.45, 2.75) is 69.0 Å². The van der Waals surface area contributed by atoms with Crippen LogP contribution in [-0.4, -0.2) is 43.8 Å². The number of carbonyl (C=O) groups is 2. The van der Waals surface area contributed by atoms with Gasteiger partial charge in [-0.15, -0.1) is 0 Å². The van der Waals surface area contributed by atoms with E-state index < -0.39 is 28.5 Å².